The maximum atomic E-state index is 6.65. The zero-order valence-corrected chi connectivity index (χ0v) is 35.4. The van der Waals surface area contributed by atoms with Gasteiger partial charge in [-0.05, 0) is 114 Å². The monoisotopic (exact) mass is 822 g/mol. The molecule has 3 aliphatic rings. The lowest BCUT2D eigenvalue weighted by Crippen LogP contribution is -2.41. The van der Waals surface area contributed by atoms with Crippen molar-refractivity contribution in [2.75, 3.05) is 4.90 Å². The van der Waals surface area contributed by atoms with Crippen LogP contribution in [0.4, 0.5) is 11.4 Å². The smallest absolute Gasteiger partial charge is 0.130 e. The van der Waals surface area contributed by atoms with Crippen LogP contribution in [0.3, 0.4) is 0 Å². The van der Waals surface area contributed by atoms with Crippen LogP contribution >= 0.6 is 0 Å². The molecule has 3 N–H and O–H groups in total. The summed E-state index contributed by atoms with van der Waals surface area (Å²) in [6.45, 7) is 0.513. The Morgan fingerprint density at radius 3 is 1.80 bits per heavy atom. The maximum absolute atomic E-state index is 6.65. The minimum absolute atomic E-state index is 0.174. The highest BCUT2D eigenvalue weighted by Crippen LogP contribution is 2.64. The molecule has 0 aromatic heterocycles. The van der Waals surface area contributed by atoms with Crippen molar-refractivity contribution in [3.8, 4) is 22.3 Å². The molecular weight excluding hydrogens is 777 g/mol. The van der Waals surface area contributed by atoms with Crippen molar-refractivity contribution in [2.24, 2.45) is 10.7 Å². The Labute approximate surface area is 374 Å². The lowest BCUT2D eigenvalue weighted by Gasteiger charge is -2.47. The number of hydrogen-bond acceptors (Lipinski definition) is 3. The fraction of sp³-hybridized carbons (Fsp3) is 0.0833. The average Bonchev–Trinajstić information content (AvgIpc) is 3.65. The van der Waals surface area contributed by atoms with Crippen molar-refractivity contribution >= 4 is 38.8 Å². The van der Waals surface area contributed by atoms with Crippen molar-refractivity contribution in [2.45, 2.75) is 30.6 Å². The normalized spacial score (nSPS) is 16.0. The molecule has 0 radical (unpaired) electrons. The lowest BCUT2D eigenvalue weighted by molar-refractivity contribution is 0.679. The third-order valence-corrected chi connectivity index (χ3v) is 13.6. The zero-order valence-electron chi connectivity index (χ0n) is 35.4. The van der Waals surface area contributed by atoms with Gasteiger partial charge < -0.3 is 16.0 Å². The van der Waals surface area contributed by atoms with Crippen molar-refractivity contribution in [3.05, 3.63) is 263 Å². The van der Waals surface area contributed by atoms with Crippen LogP contribution in [0, 0.1) is 0 Å². The van der Waals surface area contributed by atoms with Gasteiger partial charge in [-0.1, -0.05) is 194 Å². The molecule has 9 aromatic carbocycles. The van der Waals surface area contributed by atoms with Gasteiger partial charge in [-0.15, -0.1) is 0 Å². The van der Waals surface area contributed by atoms with E-state index in [2.05, 4.69) is 186 Å². The number of hydrogen-bond donors (Lipinski definition) is 2. The van der Waals surface area contributed by atoms with E-state index in [0.29, 0.717) is 6.54 Å². The number of anilines is 2. The van der Waals surface area contributed by atoms with Crippen LogP contribution in [0.1, 0.15) is 51.5 Å². The van der Waals surface area contributed by atoms with Crippen LogP contribution in [-0.2, 0) is 12.0 Å². The average molecular weight is 823 g/mol. The molecule has 4 heteroatoms. The minimum Gasteiger partial charge on any atom is -0.351 e. The second-order valence-corrected chi connectivity index (χ2v) is 17.2. The summed E-state index contributed by atoms with van der Waals surface area (Å²) in [6, 6.07) is 73.3. The van der Waals surface area contributed by atoms with Gasteiger partial charge in [-0.2, -0.15) is 0 Å². The lowest BCUT2D eigenvalue weighted by atomic mass is 9.63. The molecule has 4 nitrogen and oxygen atoms in total. The first kappa shape index (κ1) is 37.9. The van der Waals surface area contributed by atoms with Crippen molar-refractivity contribution < 1.29 is 0 Å². The zero-order chi connectivity index (χ0) is 42.6. The molecule has 2 unspecified atom stereocenters. The van der Waals surface area contributed by atoms with E-state index in [9.17, 15) is 0 Å². The molecule has 12 rings (SSSR count). The highest BCUT2D eigenvalue weighted by atomic mass is 15.2. The van der Waals surface area contributed by atoms with Gasteiger partial charge in [0.05, 0.1) is 18.0 Å². The van der Waals surface area contributed by atoms with Crippen LogP contribution in [0.2, 0.25) is 0 Å². The van der Waals surface area contributed by atoms with E-state index in [1.54, 1.807) is 0 Å². The summed E-state index contributed by atoms with van der Waals surface area (Å²) in [5, 5.41) is 8.48. The first-order chi connectivity index (χ1) is 31.6. The summed E-state index contributed by atoms with van der Waals surface area (Å²) in [6.07, 6.45) is 9.62. The molecule has 9 aromatic rings. The number of rotatable bonds is 7. The highest BCUT2D eigenvalue weighted by Gasteiger charge is 2.52. The van der Waals surface area contributed by atoms with Gasteiger partial charge >= 0.3 is 0 Å². The predicted octanol–water partition coefficient (Wildman–Crippen LogP) is 13.6. The summed E-state index contributed by atoms with van der Waals surface area (Å²) in [5.41, 5.74) is 22.0. The standard InChI is InChI=1S/C60H46N4/c61-58(42-16-4-1-5-17-42)63-59(43-18-6-2-7-19-43)62-39-40-28-30-41(31-29-40)48-32-33-51-50-26-14-15-27-52(50)60(53(51)34-48)54-35-44-20-10-12-22-46(44)37-56(54)64(49-24-8-3-9-25-49)57-38-47-23-13-11-21-45(47)36-55(57)60/h1-24,26-38,49,58H,25,39,61H2,(H,62,63). The first-order valence-electron chi connectivity index (χ1n) is 22.3. The first-order valence-corrected chi connectivity index (χ1v) is 22.3. The van der Waals surface area contributed by atoms with Crippen LogP contribution in [0.15, 0.2) is 229 Å². The third kappa shape index (κ3) is 6.21. The molecule has 0 saturated carbocycles. The number of nitrogens with one attached hydrogen (secondary N) is 1. The van der Waals surface area contributed by atoms with Crippen molar-refractivity contribution in [1.82, 2.24) is 5.32 Å². The number of amidine groups is 1. The number of allylic oxidation sites excluding steroid dienone is 2. The van der Waals surface area contributed by atoms with Gasteiger partial charge in [0.2, 0.25) is 0 Å². The Morgan fingerprint density at radius 1 is 0.562 bits per heavy atom. The van der Waals surface area contributed by atoms with E-state index in [1.807, 2.05) is 48.5 Å². The quantitative estimate of drug-likeness (QED) is 0.0956. The molecule has 306 valence electrons. The molecule has 1 aliphatic heterocycles. The van der Waals surface area contributed by atoms with Crippen molar-refractivity contribution in [1.29, 1.82) is 0 Å². The predicted molar refractivity (Wildman–Crippen MR) is 266 cm³/mol. The van der Waals surface area contributed by atoms with Gasteiger partial charge in [-0.3, -0.25) is 4.99 Å². The topological polar surface area (TPSA) is 53.6 Å². The fourth-order valence-corrected chi connectivity index (χ4v) is 10.6. The Kier molecular flexibility index (Phi) is 9.20. The van der Waals surface area contributed by atoms with Gasteiger partial charge in [0, 0.05) is 16.9 Å². The molecule has 2 atom stereocenters. The van der Waals surface area contributed by atoms with Gasteiger partial charge in [0.15, 0.2) is 0 Å². The summed E-state index contributed by atoms with van der Waals surface area (Å²) in [4.78, 5) is 7.73. The molecule has 0 bridgehead atoms. The van der Waals surface area contributed by atoms with Crippen LogP contribution in [0.5, 0.6) is 0 Å². The molecule has 0 fully saturated rings. The summed E-state index contributed by atoms with van der Waals surface area (Å²) >= 11 is 0. The van der Waals surface area contributed by atoms with E-state index in [-0.39, 0.29) is 12.2 Å². The van der Waals surface area contributed by atoms with Crippen LogP contribution in [-0.4, -0.2) is 11.9 Å². The Morgan fingerprint density at radius 2 is 1.14 bits per heavy atom. The Hall–Kier alpha value is -7.79. The molecule has 2 aliphatic carbocycles. The Bertz CT molecular complexity index is 3240. The minimum atomic E-state index is -0.568. The van der Waals surface area contributed by atoms with E-state index in [1.165, 1.54) is 77.4 Å². The SMILES string of the molecule is NC(NC(=NCc1ccc(-c2ccc3c(c2)C2(c4ccccc4-3)c3cc4ccccc4cc3N(C3C=CC=CC3)c3cc4ccccc4cc32)cc1)c1ccccc1)c1ccccc1. The van der Waals surface area contributed by atoms with Crippen LogP contribution < -0.4 is 16.0 Å². The number of nitrogens with zero attached hydrogens (tertiary/aromatic N) is 2. The Balaban J connectivity index is 1.00. The largest absolute Gasteiger partial charge is 0.351 e. The number of nitrogens with two attached hydrogens (primary N) is 1. The van der Waals surface area contributed by atoms with Gasteiger partial charge in [0.25, 0.3) is 0 Å². The summed E-state index contributed by atoms with van der Waals surface area (Å²) < 4.78 is 0. The third-order valence-electron chi connectivity index (χ3n) is 13.6. The number of fused-ring (bicyclic) bond motifs is 11. The summed E-state index contributed by atoms with van der Waals surface area (Å²) in [5.74, 6) is 0.771. The number of aliphatic imine (C=N–C) groups is 1. The molecule has 1 spiro atoms. The summed E-state index contributed by atoms with van der Waals surface area (Å²) in [7, 11) is 0. The molecule has 0 amide bonds. The molecule has 64 heavy (non-hydrogen) atoms. The molecule has 1 heterocycles. The maximum Gasteiger partial charge on any atom is 0.130 e. The second kappa shape index (κ2) is 15.5. The van der Waals surface area contributed by atoms with E-state index in [4.69, 9.17) is 10.7 Å². The van der Waals surface area contributed by atoms with Crippen LogP contribution in [0.25, 0.3) is 43.8 Å². The fourth-order valence-electron chi connectivity index (χ4n) is 10.6. The van der Waals surface area contributed by atoms with Gasteiger partial charge in [0.1, 0.15) is 12.0 Å². The second-order valence-electron chi connectivity index (χ2n) is 17.2. The molecule has 0 saturated heterocycles. The van der Waals surface area contributed by atoms with E-state index >= 15 is 0 Å². The highest BCUT2D eigenvalue weighted by molar-refractivity contribution is 6.02. The van der Waals surface area contributed by atoms with Crippen molar-refractivity contribution in [3.63, 3.8) is 0 Å². The van der Waals surface area contributed by atoms with E-state index < -0.39 is 5.41 Å². The number of benzene rings is 9. The molecular formula is C60H46N4. The van der Waals surface area contributed by atoms with Gasteiger partial charge in [-0.25, -0.2) is 0 Å². The van der Waals surface area contributed by atoms with E-state index in [0.717, 1.165) is 28.9 Å².